The quantitative estimate of drug-likeness (QED) is 0.826. The smallest absolute Gasteiger partial charge is 0.159 e. The Labute approximate surface area is 94.3 Å². The van der Waals surface area contributed by atoms with Crippen molar-refractivity contribution in [3.05, 3.63) is 29.3 Å². The minimum absolute atomic E-state index is 0.481. The second-order valence-electron chi connectivity index (χ2n) is 3.76. The van der Waals surface area contributed by atoms with E-state index in [1.165, 1.54) is 0 Å². The normalized spacial score (nSPS) is 10.7. The highest BCUT2D eigenvalue weighted by atomic mass is 15.3. The zero-order chi connectivity index (χ0) is 11.7. The molecule has 0 unspecified atom stereocenters. The van der Waals surface area contributed by atoms with Gasteiger partial charge in [-0.05, 0) is 19.9 Å². The van der Waals surface area contributed by atoms with Crippen molar-refractivity contribution in [2.24, 2.45) is 0 Å². The van der Waals surface area contributed by atoms with Crippen molar-refractivity contribution in [3.63, 3.8) is 0 Å². The minimum Gasteiger partial charge on any atom is -0.384 e. The van der Waals surface area contributed by atoms with Crippen LogP contribution in [0.4, 0.5) is 5.82 Å². The number of aryl methyl sites for hydroxylation is 3. The van der Waals surface area contributed by atoms with Gasteiger partial charge in [0.15, 0.2) is 5.82 Å². The Hall–Kier alpha value is -1.91. The lowest BCUT2D eigenvalue weighted by Crippen LogP contribution is -2.07. The summed E-state index contributed by atoms with van der Waals surface area (Å²) in [6.07, 6.45) is 0.761. The van der Waals surface area contributed by atoms with Crippen LogP contribution >= 0.6 is 0 Å². The molecule has 0 radical (unpaired) electrons. The van der Waals surface area contributed by atoms with Gasteiger partial charge >= 0.3 is 0 Å². The van der Waals surface area contributed by atoms with Gasteiger partial charge in [-0.25, -0.2) is 14.6 Å². The zero-order valence-corrected chi connectivity index (χ0v) is 9.73. The number of nitrogens with two attached hydrogens (primary N) is 1. The second kappa shape index (κ2) is 3.92. The Morgan fingerprint density at radius 3 is 2.56 bits per heavy atom. The molecule has 16 heavy (non-hydrogen) atoms. The molecule has 0 saturated carbocycles. The van der Waals surface area contributed by atoms with Crippen LogP contribution in [0.1, 0.15) is 24.1 Å². The maximum atomic E-state index is 5.74. The van der Waals surface area contributed by atoms with Crippen molar-refractivity contribution in [2.45, 2.75) is 27.2 Å². The Balaban J connectivity index is 2.55. The molecule has 0 aliphatic rings. The maximum Gasteiger partial charge on any atom is 0.159 e. The third-order valence-electron chi connectivity index (χ3n) is 2.32. The zero-order valence-electron chi connectivity index (χ0n) is 9.73. The van der Waals surface area contributed by atoms with Gasteiger partial charge in [0, 0.05) is 18.2 Å². The minimum atomic E-state index is 0.481. The van der Waals surface area contributed by atoms with Crippen molar-refractivity contribution < 1.29 is 0 Å². The summed E-state index contributed by atoms with van der Waals surface area (Å²) in [5.41, 5.74) is 7.74. The summed E-state index contributed by atoms with van der Waals surface area (Å²) in [5.74, 6) is 1.95. The number of nitrogens with zero attached hydrogens (tertiary/aromatic N) is 4. The van der Waals surface area contributed by atoms with Crippen molar-refractivity contribution in [1.82, 2.24) is 19.7 Å². The van der Waals surface area contributed by atoms with Crippen LogP contribution in [-0.4, -0.2) is 19.7 Å². The molecular weight excluding hydrogens is 202 g/mol. The highest BCUT2D eigenvalue weighted by Crippen LogP contribution is 2.12. The van der Waals surface area contributed by atoms with Crippen molar-refractivity contribution in [3.8, 4) is 5.82 Å². The largest absolute Gasteiger partial charge is 0.384 e. The fourth-order valence-corrected chi connectivity index (χ4v) is 1.63. The first-order valence-electron chi connectivity index (χ1n) is 5.27. The summed E-state index contributed by atoms with van der Waals surface area (Å²) in [6, 6.07) is 3.74. The predicted octanol–water partition coefficient (Wildman–Crippen LogP) is 1.42. The highest BCUT2D eigenvalue weighted by Gasteiger charge is 2.07. The molecule has 0 atom stereocenters. The molecule has 0 saturated heterocycles. The second-order valence-corrected chi connectivity index (χ2v) is 3.76. The molecule has 0 aliphatic heterocycles. The molecule has 2 aromatic heterocycles. The van der Waals surface area contributed by atoms with Crippen LogP contribution in [-0.2, 0) is 6.42 Å². The maximum absolute atomic E-state index is 5.74. The van der Waals surface area contributed by atoms with Gasteiger partial charge in [-0.1, -0.05) is 6.92 Å². The summed E-state index contributed by atoms with van der Waals surface area (Å²) >= 11 is 0. The first-order chi connectivity index (χ1) is 7.60. The molecule has 2 N–H and O–H groups in total. The number of hydrogen-bond donors (Lipinski definition) is 1. The third kappa shape index (κ3) is 1.88. The summed E-state index contributed by atoms with van der Waals surface area (Å²) < 4.78 is 1.78. The molecule has 0 aliphatic carbocycles. The average Bonchev–Trinajstić information content (AvgIpc) is 2.57. The molecule has 2 aromatic rings. The van der Waals surface area contributed by atoms with Crippen LogP contribution in [0.3, 0.4) is 0 Å². The first-order valence-corrected chi connectivity index (χ1v) is 5.27. The average molecular weight is 217 g/mol. The van der Waals surface area contributed by atoms with Crippen molar-refractivity contribution in [1.29, 1.82) is 0 Å². The lowest BCUT2D eigenvalue weighted by atomic mass is 10.4. The van der Waals surface area contributed by atoms with E-state index >= 15 is 0 Å². The van der Waals surface area contributed by atoms with E-state index in [9.17, 15) is 0 Å². The van der Waals surface area contributed by atoms with E-state index in [1.54, 1.807) is 10.7 Å². The van der Waals surface area contributed by atoms with Gasteiger partial charge in [0.25, 0.3) is 0 Å². The fraction of sp³-hybridized carbons (Fsp3) is 0.364. The Bertz CT molecular complexity index is 515. The first kappa shape index (κ1) is 10.6. The van der Waals surface area contributed by atoms with Crippen LogP contribution < -0.4 is 5.73 Å². The molecule has 84 valence electrons. The number of hydrogen-bond acceptors (Lipinski definition) is 4. The number of anilines is 1. The van der Waals surface area contributed by atoms with E-state index in [1.807, 2.05) is 26.8 Å². The van der Waals surface area contributed by atoms with E-state index in [0.29, 0.717) is 5.82 Å². The van der Waals surface area contributed by atoms with E-state index in [0.717, 1.165) is 29.5 Å². The number of aromatic nitrogens is 4. The summed E-state index contributed by atoms with van der Waals surface area (Å²) in [7, 11) is 0. The molecule has 0 bridgehead atoms. The Kier molecular flexibility index (Phi) is 2.60. The number of nitrogen functional groups attached to an aromatic ring is 1. The molecule has 5 nitrogen and oxygen atoms in total. The van der Waals surface area contributed by atoms with E-state index < -0.39 is 0 Å². The Morgan fingerprint density at radius 1 is 1.25 bits per heavy atom. The standard InChI is InChI=1S/C11H15N5/c1-4-10-13-9(12)6-11(14-10)16-8(3)5-7(2)15-16/h5-6H,4H2,1-3H3,(H2,12,13,14). The van der Waals surface area contributed by atoms with Gasteiger partial charge in [0.2, 0.25) is 0 Å². The highest BCUT2D eigenvalue weighted by molar-refractivity contribution is 5.38. The van der Waals surface area contributed by atoms with Crippen LogP contribution in [0.2, 0.25) is 0 Å². The van der Waals surface area contributed by atoms with Crippen LogP contribution in [0.15, 0.2) is 12.1 Å². The lowest BCUT2D eigenvalue weighted by molar-refractivity contribution is 0.785. The predicted molar refractivity (Wildman–Crippen MR) is 62.4 cm³/mol. The van der Waals surface area contributed by atoms with Gasteiger partial charge in [0.1, 0.15) is 11.6 Å². The van der Waals surface area contributed by atoms with Gasteiger partial charge in [-0.2, -0.15) is 5.10 Å². The topological polar surface area (TPSA) is 69.6 Å². The monoisotopic (exact) mass is 217 g/mol. The summed E-state index contributed by atoms with van der Waals surface area (Å²) in [6.45, 7) is 5.94. The van der Waals surface area contributed by atoms with E-state index in [-0.39, 0.29) is 0 Å². The van der Waals surface area contributed by atoms with Crippen LogP contribution in [0, 0.1) is 13.8 Å². The molecule has 0 aromatic carbocycles. The lowest BCUT2D eigenvalue weighted by Gasteiger charge is -2.05. The van der Waals surface area contributed by atoms with Crippen molar-refractivity contribution >= 4 is 5.82 Å². The van der Waals surface area contributed by atoms with Crippen LogP contribution in [0.5, 0.6) is 0 Å². The molecule has 5 heteroatoms. The molecule has 0 fully saturated rings. The summed E-state index contributed by atoms with van der Waals surface area (Å²) in [5, 5.41) is 4.37. The summed E-state index contributed by atoms with van der Waals surface area (Å²) in [4.78, 5) is 8.55. The van der Waals surface area contributed by atoms with E-state index in [4.69, 9.17) is 5.73 Å². The third-order valence-corrected chi connectivity index (χ3v) is 2.32. The fourth-order valence-electron chi connectivity index (χ4n) is 1.63. The SMILES string of the molecule is CCc1nc(N)cc(-n2nc(C)cc2C)n1. The van der Waals surface area contributed by atoms with Crippen molar-refractivity contribution in [2.75, 3.05) is 5.73 Å². The molecule has 2 rings (SSSR count). The number of rotatable bonds is 2. The van der Waals surface area contributed by atoms with Gasteiger partial charge in [0.05, 0.1) is 5.69 Å². The molecular formula is C11H15N5. The Morgan fingerprint density at radius 2 is 2.00 bits per heavy atom. The van der Waals surface area contributed by atoms with Gasteiger partial charge in [-0.3, -0.25) is 0 Å². The van der Waals surface area contributed by atoms with Gasteiger partial charge in [-0.15, -0.1) is 0 Å². The molecule has 0 spiro atoms. The van der Waals surface area contributed by atoms with Gasteiger partial charge < -0.3 is 5.73 Å². The molecule has 0 amide bonds. The van der Waals surface area contributed by atoms with E-state index in [2.05, 4.69) is 15.1 Å². The van der Waals surface area contributed by atoms with Crippen LogP contribution in [0.25, 0.3) is 5.82 Å². The molecule has 2 heterocycles.